The van der Waals surface area contributed by atoms with Crippen molar-refractivity contribution in [2.75, 3.05) is 26.2 Å². The van der Waals surface area contributed by atoms with Crippen LogP contribution in [0.25, 0.3) is 0 Å². The number of aryl methyl sites for hydroxylation is 1. The minimum absolute atomic E-state index is 0.0976. The number of morpholine rings is 1. The van der Waals surface area contributed by atoms with Crippen molar-refractivity contribution in [3.8, 4) is 0 Å². The standard InChI is InChI=1S/C17H28N4O3/c1-11-8-21(9-12(2)23-11)17(22)13(3)20-7-5-6-15(10-20)16-18-14(4)19-24-16/h11-13,15H,5-10H2,1-4H3/t11-,12+,13-,15-/m1/s1. The molecular weight excluding hydrogens is 308 g/mol. The van der Waals surface area contributed by atoms with E-state index in [1.165, 1.54) is 0 Å². The number of nitrogens with zero attached hydrogens (tertiary/aromatic N) is 4. The van der Waals surface area contributed by atoms with Crippen molar-refractivity contribution in [1.82, 2.24) is 19.9 Å². The van der Waals surface area contributed by atoms with Crippen LogP contribution in [0.2, 0.25) is 0 Å². The van der Waals surface area contributed by atoms with Crippen molar-refractivity contribution >= 4 is 5.91 Å². The second-order valence-electron chi connectivity index (χ2n) is 7.19. The molecule has 24 heavy (non-hydrogen) atoms. The average molecular weight is 336 g/mol. The third kappa shape index (κ3) is 3.78. The van der Waals surface area contributed by atoms with Crippen LogP contribution in [0.15, 0.2) is 4.52 Å². The molecule has 134 valence electrons. The normalized spacial score (nSPS) is 30.3. The highest BCUT2D eigenvalue weighted by molar-refractivity contribution is 5.81. The quantitative estimate of drug-likeness (QED) is 0.834. The Hall–Kier alpha value is -1.47. The summed E-state index contributed by atoms with van der Waals surface area (Å²) in [6.45, 7) is 11.0. The van der Waals surface area contributed by atoms with Crippen molar-refractivity contribution in [3.05, 3.63) is 11.7 Å². The summed E-state index contributed by atoms with van der Waals surface area (Å²) in [7, 11) is 0. The molecule has 0 spiro atoms. The molecule has 0 unspecified atom stereocenters. The molecule has 1 aromatic rings. The first-order valence-electron chi connectivity index (χ1n) is 8.92. The van der Waals surface area contributed by atoms with Crippen LogP contribution in [0.5, 0.6) is 0 Å². The van der Waals surface area contributed by atoms with Gasteiger partial charge >= 0.3 is 0 Å². The van der Waals surface area contributed by atoms with Gasteiger partial charge in [-0.05, 0) is 47.1 Å². The number of aromatic nitrogens is 2. The summed E-state index contributed by atoms with van der Waals surface area (Å²) < 4.78 is 11.1. The molecule has 7 nitrogen and oxygen atoms in total. The third-order valence-corrected chi connectivity index (χ3v) is 4.98. The molecule has 0 saturated carbocycles. The summed E-state index contributed by atoms with van der Waals surface area (Å²) >= 11 is 0. The topological polar surface area (TPSA) is 71.7 Å². The number of likely N-dealkylation sites (tertiary alicyclic amines) is 1. The van der Waals surface area contributed by atoms with E-state index in [0.717, 1.165) is 25.9 Å². The van der Waals surface area contributed by atoms with Gasteiger partial charge in [0, 0.05) is 19.6 Å². The van der Waals surface area contributed by atoms with Crippen LogP contribution in [0.4, 0.5) is 0 Å². The molecule has 1 amide bonds. The van der Waals surface area contributed by atoms with Gasteiger partial charge in [-0.1, -0.05) is 5.16 Å². The summed E-state index contributed by atoms with van der Waals surface area (Å²) in [5.74, 6) is 1.78. The minimum Gasteiger partial charge on any atom is -0.372 e. The van der Waals surface area contributed by atoms with Gasteiger partial charge in [0.15, 0.2) is 5.82 Å². The average Bonchev–Trinajstić information content (AvgIpc) is 2.99. The number of piperidine rings is 1. The molecule has 4 atom stereocenters. The number of carbonyl (C=O) groups is 1. The summed E-state index contributed by atoms with van der Waals surface area (Å²) in [5.41, 5.74) is 0. The lowest BCUT2D eigenvalue weighted by Gasteiger charge is -2.40. The fraction of sp³-hybridized carbons (Fsp3) is 0.824. The number of hydrogen-bond donors (Lipinski definition) is 0. The van der Waals surface area contributed by atoms with Crippen molar-refractivity contribution in [3.63, 3.8) is 0 Å². The first-order chi connectivity index (χ1) is 11.4. The molecule has 2 aliphatic rings. The number of amides is 1. The van der Waals surface area contributed by atoms with E-state index in [0.29, 0.717) is 24.8 Å². The molecule has 1 aromatic heterocycles. The fourth-order valence-electron chi connectivity index (χ4n) is 3.82. The second kappa shape index (κ2) is 7.19. The molecule has 0 radical (unpaired) electrons. The lowest BCUT2D eigenvalue weighted by molar-refractivity contribution is -0.148. The lowest BCUT2D eigenvalue weighted by atomic mass is 9.96. The Morgan fingerprint density at radius 2 is 1.96 bits per heavy atom. The third-order valence-electron chi connectivity index (χ3n) is 4.98. The van der Waals surface area contributed by atoms with E-state index in [4.69, 9.17) is 9.26 Å². The van der Waals surface area contributed by atoms with E-state index < -0.39 is 0 Å². The van der Waals surface area contributed by atoms with Crippen LogP contribution >= 0.6 is 0 Å². The molecule has 2 fully saturated rings. The maximum atomic E-state index is 12.9. The SMILES string of the molecule is Cc1noc([C@@H]2CCCN([C@H](C)C(=O)N3C[C@@H](C)O[C@@H](C)C3)C2)n1. The van der Waals surface area contributed by atoms with E-state index >= 15 is 0 Å². The predicted octanol–water partition coefficient (Wildman–Crippen LogP) is 1.58. The molecule has 0 bridgehead atoms. The molecule has 3 rings (SSSR count). The molecule has 3 heterocycles. The number of rotatable bonds is 3. The van der Waals surface area contributed by atoms with Gasteiger partial charge in [-0.15, -0.1) is 0 Å². The molecule has 7 heteroatoms. The van der Waals surface area contributed by atoms with E-state index in [1.54, 1.807) is 0 Å². The first kappa shape index (κ1) is 17.4. The minimum atomic E-state index is -0.130. The molecule has 0 N–H and O–H groups in total. The Morgan fingerprint density at radius 1 is 1.25 bits per heavy atom. The Balaban J connectivity index is 1.63. The summed E-state index contributed by atoms with van der Waals surface area (Å²) in [6.07, 6.45) is 2.27. The Kier molecular flexibility index (Phi) is 5.20. The summed E-state index contributed by atoms with van der Waals surface area (Å²) in [5, 5.41) is 3.89. The maximum absolute atomic E-state index is 12.9. The van der Waals surface area contributed by atoms with Gasteiger partial charge in [0.05, 0.1) is 24.2 Å². The van der Waals surface area contributed by atoms with Gasteiger partial charge in [-0.3, -0.25) is 9.69 Å². The number of ether oxygens (including phenoxy) is 1. The van der Waals surface area contributed by atoms with E-state index in [1.807, 2.05) is 32.6 Å². The molecule has 2 saturated heterocycles. The number of carbonyl (C=O) groups excluding carboxylic acids is 1. The van der Waals surface area contributed by atoms with Crippen LogP contribution in [0.3, 0.4) is 0 Å². The summed E-state index contributed by atoms with van der Waals surface area (Å²) in [6, 6.07) is -0.130. The van der Waals surface area contributed by atoms with Gasteiger partial charge in [0.2, 0.25) is 11.8 Å². The van der Waals surface area contributed by atoms with Gasteiger partial charge in [0.1, 0.15) is 0 Å². The molecule has 0 aliphatic carbocycles. The van der Waals surface area contributed by atoms with Crippen LogP contribution < -0.4 is 0 Å². The van der Waals surface area contributed by atoms with Crippen molar-refractivity contribution in [2.45, 2.75) is 64.7 Å². The molecule has 2 aliphatic heterocycles. The predicted molar refractivity (Wildman–Crippen MR) is 88.6 cm³/mol. The zero-order chi connectivity index (χ0) is 17.3. The Bertz CT molecular complexity index is 566. The van der Waals surface area contributed by atoms with Crippen molar-refractivity contribution < 1.29 is 14.1 Å². The van der Waals surface area contributed by atoms with E-state index in [9.17, 15) is 4.79 Å². The van der Waals surface area contributed by atoms with Gasteiger partial charge < -0.3 is 14.2 Å². The second-order valence-corrected chi connectivity index (χ2v) is 7.19. The van der Waals surface area contributed by atoms with Crippen molar-refractivity contribution in [1.29, 1.82) is 0 Å². The lowest BCUT2D eigenvalue weighted by Crippen LogP contribution is -2.55. The number of hydrogen-bond acceptors (Lipinski definition) is 6. The zero-order valence-electron chi connectivity index (χ0n) is 15.1. The van der Waals surface area contributed by atoms with Crippen LogP contribution in [-0.2, 0) is 9.53 Å². The highest BCUT2D eigenvalue weighted by Crippen LogP contribution is 2.27. The zero-order valence-corrected chi connectivity index (χ0v) is 15.1. The Labute approximate surface area is 143 Å². The maximum Gasteiger partial charge on any atom is 0.239 e. The highest BCUT2D eigenvalue weighted by atomic mass is 16.5. The van der Waals surface area contributed by atoms with Crippen LogP contribution in [0.1, 0.15) is 51.2 Å². The fourth-order valence-corrected chi connectivity index (χ4v) is 3.82. The van der Waals surface area contributed by atoms with E-state index in [2.05, 4.69) is 15.0 Å². The molecule has 0 aromatic carbocycles. The van der Waals surface area contributed by atoms with Crippen molar-refractivity contribution in [2.24, 2.45) is 0 Å². The van der Waals surface area contributed by atoms with E-state index in [-0.39, 0.29) is 30.1 Å². The van der Waals surface area contributed by atoms with Crippen LogP contribution in [0, 0.1) is 6.92 Å². The van der Waals surface area contributed by atoms with Crippen LogP contribution in [-0.4, -0.2) is 70.3 Å². The van der Waals surface area contributed by atoms with Gasteiger partial charge in [-0.2, -0.15) is 4.98 Å². The highest BCUT2D eigenvalue weighted by Gasteiger charge is 2.34. The van der Waals surface area contributed by atoms with Gasteiger partial charge in [0.25, 0.3) is 0 Å². The largest absolute Gasteiger partial charge is 0.372 e. The monoisotopic (exact) mass is 336 g/mol. The Morgan fingerprint density at radius 3 is 2.58 bits per heavy atom. The summed E-state index contributed by atoms with van der Waals surface area (Å²) in [4.78, 5) is 21.5. The molecular formula is C17H28N4O3. The first-order valence-corrected chi connectivity index (χ1v) is 8.92. The van der Waals surface area contributed by atoms with Gasteiger partial charge in [-0.25, -0.2) is 0 Å². The smallest absolute Gasteiger partial charge is 0.239 e.